The largest absolute Gasteiger partial charge is 0.497 e. The van der Waals surface area contributed by atoms with Crippen molar-refractivity contribution in [3.63, 3.8) is 0 Å². The number of hydrogen-bond donors (Lipinski definition) is 13. The van der Waals surface area contributed by atoms with Crippen molar-refractivity contribution in [3.8, 4) is 5.75 Å². The van der Waals surface area contributed by atoms with Gasteiger partial charge in [-0.05, 0) is 272 Å². The van der Waals surface area contributed by atoms with Crippen molar-refractivity contribution in [1.82, 2.24) is 40.5 Å². The minimum atomic E-state index is -0.217. The summed E-state index contributed by atoms with van der Waals surface area (Å²) in [6.45, 7) is 32.1. The van der Waals surface area contributed by atoms with Crippen LogP contribution in [-0.2, 0) is 52.4 Å². The maximum absolute atomic E-state index is 12.8. The third-order valence-electron chi connectivity index (χ3n) is 22.7. The van der Waals surface area contributed by atoms with E-state index >= 15 is 0 Å². The molecule has 146 heavy (non-hydrogen) atoms. The van der Waals surface area contributed by atoms with Gasteiger partial charge in [0.15, 0.2) is 23.0 Å². The van der Waals surface area contributed by atoms with Crippen molar-refractivity contribution in [2.75, 3.05) is 35.8 Å². The molecule has 6 heterocycles. The molecule has 14 aromatic carbocycles. The van der Waals surface area contributed by atoms with Crippen LogP contribution in [0.5, 0.6) is 5.75 Å². The lowest BCUT2D eigenvalue weighted by atomic mass is 10.1. The van der Waals surface area contributed by atoms with Gasteiger partial charge in [0.05, 0.1) is 37.0 Å². The number of nitrogen functional groups attached to an aromatic ring is 5. The Morgan fingerprint density at radius 1 is 0.322 bits per heavy atom. The fraction of sp³-hybridized carbons (Fsp3) is 0.195. The first-order valence-electron chi connectivity index (χ1n) is 47.1. The Bertz CT molecular complexity index is 7090. The minimum absolute atomic E-state index is 0.178. The number of ether oxygens (including phenoxy) is 1. The summed E-state index contributed by atoms with van der Waals surface area (Å²) >= 11 is 0. The molecule has 19 aromatic rings. The monoisotopic (exact) mass is 1970 g/mol. The van der Waals surface area contributed by atoms with Crippen LogP contribution in [0.25, 0.3) is 54.2 Å². The number of pyridine rings is 1. The molecule has 0 spiro atoms. The van der Waals surface area contributed by atoms with E-state index in [2.05, 4.69) is 165 Å². The molecule has 0 amide bonds. The van der Waals surface area contributed by atoms with Gasteiger partial charge in [0.2, 0.25) is 0 Å². The van der Waals surface area contributed by atoms with E-state index in [4.69, 9.17) is 83.8 Å². The molecular formula is C118H138F4N22O2. The van der Waals surface area contributed by atoms with Crippen LogP contribution in [0.15, 0.2) is 320 Å². The Hall–Kier alpha value is -16.3. The minimum Gasteiger partial charge on any atom is -0.497 e. The molecule has 760 valence electrons. The van der Waals surface area contributed by atoms with E-state index in [1.54, 1.807) is 56.9 Å². The predicted octanol–water partition coefficient (Wildman–Crippen LogP) is 22.4. The van der Waals surface area contributed by atoms with Gasteiger partial charge in [-0.1, -0.05) is 237 Å². The lowest BCUT2D eigenvalue weighted by Gasteiger charge is -2.01. The molecule has 5 aromatic heterocycles. The van der Waals surface area contributed by atoms with Crippen LogP contribution in [0.3, 0.4) is 0 Å². The van der Waals surface area contributed by atoms with Crippen LogP contribution < -0.4 is 79.3 Å². The third kappa shape index (κ3) is 38.5. The number of nitrogens with zero attached hydrogens (tertiary/aromatic N) is 9. The van der Waals surface area contributed by atoms with Crippen LogP contribution in [0.4, 0.5) is 46.7 Å². The number of benzene rings is 14. The average molecular weight is 1970 g/mol. The molecule has 0 saturated heterocycles. The SMILES string of the molecule is COc1ccc(C)cc1.Cc1c(F)cccc1CN.Cc1cc(F)ccc1CN.Cc1ccc(CN)cc1.Cc1ccc(F)cc1CN.Cc1ccc2c(N)nncc2c1.Cc1ccc2c(c1)C(N)=NC2.Cc1ccc2ccnc(N)c2c1.Cc1ccc2cnnc(N)c2c1.Cc1ccc2ncnc(N)c2c1.Cc1ccc2onc(N)c2c1.Cc1cccc(CN)c1.Cc1cccc(F)c1CN.Cc1ccccc1CN. The second kappa shape index (κ2) is 60.9. The number of fused-ring (bicyclic) bond motifs is 6. The lowest BCUT2D eigenvalue weighted by molar-refractivity contribution is 0.414. The smallest absolute Gasteiger partial charge is 0.174 e. The van der Waals surface area contributed by atoms with E-state index in [1.807, 2.05) is 195 Å². The quantitative estimate of drug-likeness (QED) is 0.0628. The predicted molar refractivity (Wildman–Crippen MR) is 597 cm³/mol. The number of amidine groups is 1. The fourth-order valence-corrected chi connectivity index (χ4v) is 14.0. The highest BCUT2D eigenvalue weighted by molar-refractivity contribution is 6.01. The molecule has 0 radical (unpaired) electrons. The fourth-order valence-electron chi connectivity index (χ4n) is 14.0. The Kier molecular flexibility index (Phi) is 48.6. The maximum Gasteiger partial charge on any atom is 0.174 e. The molecule has 0 aliphatic carbocycles. The highest BCUT2D eigenvalue weighted by atomic mass is 19.1. The van der Waals surface area contributed by atoms with E-state index in [0.717, 1.165) is 111 Å². The molecule has 26 N–H and O–H groups in total. The molecule has 0 atom stereocenters. The number of nitrogens with two attached hydrogens (primary N) is 13. The second-order valence-corrected chi connectivity index (χ2v) is 34.3. The normalized spacial score (nSPS) is 10.4. The number of aryl methyl sites for hydroxylation is 13. The molecule has 24 nitrogen and oxygen atoms in total. The van der Waals surface area contributed by atoms with Gasteiger partial charge in [0.25, 0.3) is 0 Å². The van der Waals surface area contributed by atoms with Gasteiger partial charge in [0.1, 0.15) is 52.8 Å². The van der Waals surface area contributed by atoms with Gasteiger partial charge in [-0.2, -0.15) is 10.2 Å². The summed E-state index contributed by atoms with van der Waals surface area (Å²) in [6.07, 6.45) is 6.64. The van der Waals surface area contributed by atoms with Crippen molar-refractivity contribution in [3.05, 3.63) is 461 Å². The first kappa shape index (κ1) is 117. The van der Waals surface area contributed by atoms with Crippen molar-refractivity contribution in [2.24, 2.45) is 50.9 Å². The van der Waals surface area contributed by atoms with E-state index in [0.29, 0.717) is 85.3 Å². The zero-order valence-electron chi connectivity index (χ0n) is 86.0. The van der Waals surface area contributed by atoms with Gasteiger partial charge in [-0.3, -0.25) is 4.99 Å². The Balaban J connectivity index is 0.000000213. The number of halogens is 4. The summed E-state index contributed by atoms with van der Waals surface area (Å²) in [5.74, 6) is 3.41. The summed E-state index contributed by atoms with van der Waals surface area (Å²) in [5, 5.41) is 26.8. The first-order chi connectivity index (χ1) is 69.9. The molecule has 0 bridgehead atoms. The second-order valence-electron chi connectivity index (χ2n) is 34.3. The molecular weight excluding hydrogens is 1830 g/mol. The van der Waals surface area contributed by atoms with Gasteiger partial charge < -0.3 is 83.8 Å². The van der Waals surface area contributed by atoms with E-state index in [1.165, 1.54) is 115 Å². The number of anilines is 5. The van der Waals surface area contributed by atoms with Gasteiger partial charge in [0, 0.05) is 95.5 Å². The van der Waals surface area contributed by atoms with Crippen LogP contribution in [-0.4, -0.2) is 53.4 Å². The Labute approximate surface area is 854 Å². The topological polar surface area (TPSA) is 476 Å². The number of aromatic nitrogens is 8. The average Bonchev–Trinajstić information content (AvgIpc) is 1.50. The highest BCUT2D eigenvalue weighted by Crippen LogP contribution is 2.26. The van der Waals surface area contributed by atoms with Crippen LogP contribution in [0.2, 0.25) is 0 Å². The molecule has 0 fully saturated rings. The van der Waals surface area contributed by atoms with Crippen LogP contribution >= 0.6 is 0 Å². The number of rotatable bonds is 8. The summed E-state index contributed by atoms with van der Waals surface area (Å²) in [7, 11) is 1.67. The Morgan fingerprint density at radius 2 is 0.815 bits per heavy atom. The highest BCUT2D eigenvalue weighted by Gasteiger charge is 2.13. The summed E-state index contributed by atoms with van der Waals surface area (Å²) in [4.78, 5) is 16.2. The molecule has 0 saturated carbocycles. The molecule has 20 rings (SSSR count). The van der Waals surface area contributed by atoms with E-state index in [9.17, 15) is 17.6 Å². The zero-order valence-corrected chi connectivity index (χ0v) is 86.0. The van der Waals surface area contributed by atoms with Crippen molar-refractivity contribution < 1.29 is 26.8 Å². The van der Waals surface area contributed by atoms with E-state index in [-0.39, 0.29) is 29.8 Å². The summed E-state index contributed by atoms with van der Waals surface area (Å²) in [5.41, 5.74) is 98.3. The third-order valence-corrected chi connectivity index (χ3v) is 22.7. The van der Waals surface area contributed by atoms with Crippen LogP contribution in [0.1, 0.15) is 128 Å². The zero-order chi connectivity index (χ0) is 107. The van der Waals surface area contributed by atoms with Crippen molar-refractivity contribution in [1.29, 1.82) is 0 Å². The van der Waals surface area contributed by atoms with Gasteiger partial charge >= 0.3 is 0 Å². The standard InChI is InChI=1S/C10H10N2.3C9H9N3.C9H10N2.4C8H10FN.C8H8N2O.3C8H11N.C8H10O/c1-7-2-3-8-4-5-12-10(11)9(8)6-7;1-6-2-3-8-7(4-6)9(10)12-5-11-8;1-6-2-3-8-7(4-6)5-11-12-9(8)10;1-6-2-3-7-5-11-12-9(10)8(7)4-6;1-6-2-3-7-5-11-9(10)8(7)4-6;1-6-4-8(9)3-2-7(6)5-10;1-6-2-3-8(9)4-7(6)5-10;1-6-7(5-10)3-2-4-8(6)9;1-6-3-2-4-8(9)7(6)5-10;1-5-2-3-7-6(4-5)8(9)10-11-7;1-7-2-4-8(6-9)5-3-7;1-7-3-2-4-8(5-7)6-9;1-7-4-2-3-5-8(7)6-9;1-7-3-5-8(9-2)6-4-7/h2-6H,1H3,(H2,11,12);2-5H,1H3,(H2,10,11,12);2*2-5H,1H3,(H2,10,12);2-4H,5H2,1H3,(H2,10,11);4*2-4H,5,10H2,1H3;2-4H,1H3,(H2,9,10);3*2-5H,6,9H2,1H3;3-6H,1-2H3. The number of aliphatic imine (C=N–C) groups is 1. The van der Waals surface area contributed by atoms with Crippen LogP contribution in [0, 0.1) is 120 Å². The number of methoxy groups -OCH3 is 1. The molecule has 1 aliphatic heterocycles. The number of hydrogen-bond acceptors (Lipinski definition) is 24. The van der Waals surface area contributed by atoms with Crippen molar-refractivity contribution in [2.45, 2.75) is 149 Å². The van der Waals surface area contributed by atoms with Gasteiger partial charge in [-0.15, -0.1) is 10.2 Å². The molecule has 1 aliphatic rings. The summed E-state index contributed by atoms with van der Waals surface area (Å²) in [6, 6.07) is 90.0. The van der Waals surface area contributed by atoms with Gasteiger partial charge in [-0.25, -0.2) is 32.5 Å². The van der Waals surface area contributed by atoms with Crippen molar-refractivity contribution >= 4 is 89.1 Å². The molecule has 0 unspecified atom stereocenters. The summed E-state index contributed by atoms with van der Waals surface area (Å²) < 4.78 is 60.3. The molecule has 28 heteroatoms. The lowest BCUT2D eigenvalue weighted by Crippen LogP contribution is -2.10. The van der Waals surface area contributed by atoms with E-state index < -0.39 is 0 Å². The maximum atomic E-state index is 12.8. The Morgan fingerprint density at radius 3 is 1.40 bits per heavy atom. The first-order valence-corrected chi connectivity index (χ1v) is 47.1.